The van der Waals surface area contributed by atoms with Crippen molar-refractivity contribution in [3.05, 3.63) is 527 Å². The zero-order valence-electron chi connectivity index (χ0n) is 80.9. The second-order valence-corrected chi connectivity index (χ2v) is 40.2. The number of nitrogens with zero attached hydrogens (tertiary/aromatic N) is 4. The van der Waals surface area contributed by atoms with Crippen LogP contribution in [0.4, 0.5) is 68.2 Å². The summed E-state index contributed by atoms with van der Waals surface area (Å²) in [6, 6.07) is 195. The Balaban J connectivity index is 0.865. The molecular weight excluding hydrogens is 1720 g/mol. The Morgan fingerprint density at radius 3 is 0.881 bits per heavy atom. The lowest BCUT2D eigenvalue weighted by molar-refractivity contribution is 0.569. The van der Waals surface area contributed by atoms with Crippen LogP contribution in [0.3, 0.4) is 0 Å². The highest BCUT2D eigenvalue weighted by molar-refractivity contribution is 7.00. The van der Waals surface area contributed by atoms with E-state index >= 15 is 0 Å². The maximum absolute atomic E-state index is 2.79. The summed E-state index contributed by atoms with van der Waals surface area (Å²) >= 11 is 0. The first-order valence-electron chi connectivity index (χ1n) is 49.9. The van der Waals surface area contributed by atoms with Gasteiger partial charge in [0.2, 0.25) is 0 Å². The smallest absolute Gasteiger partial charge is 0.252 e. The third-order valence-corrected chi connectivity index (χ3v) is 29.4. The largest absolute Gasteiger partial charge is 0.310 e. The van der Waals surface area contributed by atoms with E-state index < -0.39 is 6.71 Å². The van der Waals surface area contributed by atoms with Gasteiger partial charge < -0.3 is 19.6 Å². The van der Waals surface area contributed by atoms with E-state index in [2.05, 4.69) is 577 Å². The molecule has 0 saturated carbocycles. The summed E-state index contributed by atoms with van der Waals surface area (Å²) in [6.07, 6.45) is 0. The van der Waals surface area contributed by atoms with Gasteiger partial charge in [0.25, 0.3) is 6.71 Å². The summed E-state index contributed by atoms with van der Waals surface area (Å²) in [7, 11) is 0. The molecule has 23 aromatic rings. The van der Waals surface area contributed by atoms with Gasteiger partial charge in [-0.2, -0.15) is 0 Å². The first-order chi connectivity index (χ1) is 70.2. The van der Waals surface area contributed by atoms with Crippen molar-refractivity contribution >= 4 is 134 Å². The number of rotatable bonds is 18. The van der Waals surface area contributed by atoms with Gasteiger partial charge >= 0.3 is 0 Å². The van der Waals surface area contributed by atoms with Gasteiger partial charge in [0.15, 0.2) is 0 Å². The molecule has 2 aliphatic rings. The number of para-hydroxylation sites is 2. The predicted molar refractivity (Wildman–Crippen MR) is 612 cm³/mol. The Morgan fingerprint density at radius 2 is 0.469 bits per heavy atom. The molecule has 0 spiro atoms. The molecule has 0 radical (unpaired) electrons. The number of benzene rings is 23. The van der Waals surface area contributed by atoms with E-state index in [0.29, 0.717) is 0 Å². The zero-order valence-corrected chi connectivity index (χ0v) is 80.9. The fraction of sp³-hybridized carbons (Fsp3) is 0.0580. The summed E-state index contributed by atoms with van der Waals surface area (Å²) in [5, 5.41) is 9.44. The minimum atomic E-state index is -0.437. The molecule has 4 nitrogen and oxygen atoms in total. The maximum atomic E-state index is 2.79. The molecular formula is C138H103BN4. The fourth-order valence-corrected chi connectivity index (χ4v) is 22.4. The Morgan fingerprint density at radius 1 is 0.175 bits per heavy atom. The minimum absolute atomic E-state index is 0.258. The van der Waals surface area contributed by atoms with E-state index in [1.54, 1.807) is 0 Å². The summed E-state index contributed by atoms with van der Waals surface area (Å²) in [4.78, 5) is 10.5. The van der Waals surface area contributed by atoms with Gasteiger partial charge in [0.05, 0.1) is 11.4 Å². The molecule has 2 heterocycles. The molecule has 0 bridgehead atoms. The molecule has 0 unspecified atom stereocenters. The molecule has 0 N–H and O–H groups in total. The molecule has 0 aromatic heterocycles. The second-order valence-electron chi connectivity index (χ2n) is 40.2. The molecule has 678 valence electrons. The van der Waals surface area contributed by atoms with Crippen LogP contribution in [0.5, 0.6) is 0 Å². The molecule has 2 aliphatic heterocycles. The SMILES string of the molecule is CC(C)(C)c1cc(-c2cc3c4c(c2)N(c2c(-c5cc6ccccc6c6ccccc56)cccc2-c2cc5ccccc5c5ccccc25)c2cc(N(c5ccc(-c6ccccc6)cc5)c5cccc(-c6ccccc6)c5)ccc2B4c2ccc(N(c4ccc(-c5ccccc5)cc4)c4cccc(-c5ccccc5)c4)cc2N3c2c(-c3ccccc3)cccc2-c2cccc(-c3ccccc3)c2)cc(C(C)(C)C)c1. The highest BCUT2D eigenvalue weighted by Gasteiger charge is 2.47. The molecule has 0 fully saturated rings. The predicted octanol–water partition coefficient (Wildman–Crippen LogP) is 36.6. The van der Waals surface area contributed by atoms with Gasteiger partial charge in [-0.1, -0.05) is 454 Å². The van der Waals surface area contributed by atoms with Crippen molar-refractivity contribution in [2.75, 3.05) is 19.6 Å². The van der Waals surface area contributed by atoms with Gasteiger partial charge in [-0.3, -0.25) is 0 Å². The van der Waals surface area contributed by atoms with Crippen LogP contribution in [0.25, 0.3) is 154 Å². The van der Waals surface area contributed by atoms with Crippen LogP contribution in [-0.4, -0.2) is 6.71 Å². The minimum Gasteiger partial charge on any atom is -0.310 e. The van der Waals surface area contributed by atoms with E-state index in [1.807, 2.05) is 0 Å². The van der Waals surface area contributed by atoms with Crippen LogP contribution in [-0.2, 0) is 10.8 Å². The molecule has 0 aliphatic carbocycles. The molecule has 0 amide bonds. The number of fused-ring (bicyclic) bond motifs is 10. The molecule has 0 atom stereocenters. The third-order valence-electron chi connectivity index (χ3n) is 29.4. The van der Waals surface area contributed by atoms with Crippen LogP contribution in [0, 0.1) is 0 Å². The van der Waals surface area contributed by atoms with Crippen molar-refractivity contribution in [1.82, 2.24) is 0 Å². The van der Waals surface area contributed by atoms with Crippen molar-refractivity contribution in [1.29, 1.82) is 0 Å². The highest BCUT2D eigenvalue weighted by Crippen LogP contribution is 2.58. The van der Waals surface area contributed by atoms with Crippen LogP contribution < -0.4 is 36.0 Å². The lowest BCUT2D eigenvalue weighted by Crippen LogP contribution is -2.61. The molecule has 5 heteroatoms. The molecule has 25 rings (SSSR count). The van der Waals surface area contributed by atoms with E-state index in [1.165, 1.54) is 38.1 Å². The summed E-state index contributed by atoms with van der Waals surface area (Å²) < 4.78 is 0. The van der Waals surface area contributed by atoms with Gasteiger partial charge in [0, 0.05) is 79.1 Å². The Bertz CT molecular complexity index is 8660. The van der Waals surface area contributed by atoms with Gasteiger partial charge in [-0.15, -0.1) is 0 Å². The second kappa shape index (κ2) is 36.0. The topological polar surface area (TPSA) is 13.0 Å². The van der Waals surface area contributed by atoms with Crippen molar-refractivity contribution in [2.45, 2.75) is 52.4 Å². The number of anilines is 12. The van der Waals surface area contributed by atoms with Crippen molar-refractivity contribution < 1.29 is 0 Å². The summed E-state index contributed by atoms with van der Waals surface area (Å²) in [6.45, 7) is 13.8. The van der Waals surface area contributed by atoms with Gasteiger partial charge in [-0.25, -0.2) is 0 Å². The van der Waals surface area contributed by atoms with Crippen LogP contribution >= 0.6 is 0 Å². The van der Waals surface area contributed by atoms with Crippen molar-refractivity contribution in [3.63, 3.8) is 0 Å². The number of hydrogen-bond donors (Lipinski definition) is 0. The van der Waals surface area contributed by atoms with E-state index in [-0.39, 0.29) is 10.8 Å². The lowest BCUT2D eigenvalue weighted by atomic mass is 9.33. The molecule has 0 saturated heterocycles. The number of hydrogen-bond acceptors (Lipinski definition) is 4. The monoisotopic (exact) mass is 1830 g/mol. The van der Waals surface area contributed by atoms with Gasteiger partial charge in [-0.05, 0) is 274 Å². The third kappa shape index (κ3) is 15.9. The molecule has 143 heavy (non-hydrogen) atoms. The average molecular weight is 1830 g/mol. The lowest BCUT2D eigenvalue weighted by Gasteiger charge is -2.46. The Hall–Kier alpha value is -17.6. The van der Waals surface area contributed by atoms with Gasteiger partial charge in [0.1, 0.15) is 0 Å². The Labute approximate surface area is 838 Å². The van der Waals surface area contributed by atoms with Crippen molar-refractivity contribution in [3.8, 4) is 111 Å². The van der Waals surface area contributed by atoms with E-state index in [4.69, 9.17) is 0 Å². The van der Waals surface area contributed by atoms with Crippen LogP contribution in [0.15, 0.2) is 516 Å². The standard InChI is InChI=1S/C138H103BN4/c1-137(2,3)108-81-106(82-109(89-108)138(4,5)6)107-87-132-134-133(88-107)143(136-124(126-85-104-50-25-27-58-116(104)120-60-29-31-62-122(120)126)66-37-67-125(136)127-86-105-51-26-28-59-117(105)121-61-30-32-63-123(121)127)131-91-115(141(111-74-70-98(71-75-111)93-40-15-8-16-41-93)113-57-35-54-102(84-113)96-46-21-11-22-47-96)77-79-129(131)139(134)128-78-76-114(140(110-72-68-97(69-73-110)92-38-13-7-14-39-92)112-56-34-53-101(83-112)95-44-19-10-20-45-95)90-130(128)142(132)135-118(99-48-23-12-24-49-99)64-36-65-119(135)103-55-33-52-100(80-103)94-42-17-9-18-43-94/h7-91H,1-6H3. The quantitative estimate of drug-likeness (QED) is 0.0627. The average Bonchev–Trinajstić information content (AvgIpc) is 0.682. The van der Waals surface area contributed by atoms with Crippen LogP contribution in [0.2, 0.25) is 0 Å². The van der Waals surface area contributed by atoms with Crippen molar-refractivity contribution in [2.24, 2.45) is 0 Å². The summed E-state index contributed by atoms with van der Waals surface area (Å²) in [5.74, 6) is 0. The van der Waals surface area contributed by atoms with E-state index in [9.17, 15) is 0 Å². The summed E-state index contributed by atoms with van der Waals surface area (Å²) in [5.41, 5.74) is 40.2. The fourth-order valence-electron chi connectivity index (χ4n) is 22.4. The molecule has 23 aromatic carbocycles. The normalized spacial score (nSPS) is 12.2. The zero-order chi connectivity index (χ0) is 96.0. The maximum Gasteiger partial charge on any atom is 0.252 e. The first-order valence-corrected chi connectivity index (χ1v) is 49.9. The Kier molecular flexibility index (Phi) is 21.9. The van der Waals surface area contributed by atoms with Crippen LogP contribution in [0.1, 0.15) is 52.7 Å². The highest BCUT2D eigenvalue weighted by atomic mass is 15.2. The van der Waals surface area contributed by atoms with E-state index in [0.717, 1.165) is 212 Å². The first kappa shape index (κ1) is 86.9.